The predicted octanol–water partition coefficient (Wildman–Crippen LogP) is 1.63. The molecular weight excluding hydrogens is 216 g/mol. The normalized spacial score (nSPS) is 18.7. The molecule has 1 heterocycles. The Labute approximate surface area is 102 Å². The lowest BCUT2D eigenvalue weighted by atomic mass is 10.1. The van der Waals surface area contributed by atoms with E-state index in [1.807, 2.05) is 18.2 Å². The van der Waals surface area contributed by atoms with E-state index in [0.29, 0.717) is 0 Å². The first-order valence-electron chi connectivity index (χ1n) is 6.17. The Kier molecular flexibility index (Phi) is 3.74. The maximum absolute atomic E-state index is 8.95. The van der Waals surface area contributed by atoms with Gasteiger partial charge in [0.2, 0.25) is 0 Å². The van der Waals surface area contributed by atoms with Crippen LogP contribution in [0.25, 0.3) is 0 Å². The molecule has 1 atom stereocenters. The highest BCUT2D eigenvalue weighted by atomic mass is 16.5. The summed E-state index contributed by atoms with van der Waals surface area (Å²) in [5.74, 6) is 0.862. The summed E-state index contributed by atoms with van der Waals surface area (Å²) in [6, 6.07) is 5.76. The van der Waals surface area contributed by atoms with Crippen molar-refractivity contribution in [2.24, 2.45) is 0 Å². The van der Waals surface area contributed by atoms with Crippen LogP contribution < -0.4 is 15.4 Å². The molecule has 0 aliphatic carbocycles. The summed E-state index contributed by atoms with van der Waals surface area (Å²) in [7, 11) is 0. The number of nitrogens with two attached hydrogens (primary N) is 1. The summed E-state index contributed by atoms with van der Waals surface area (Å²) >= 11 is 0. The zero-order valence-electron chi connectivity index (χ0n) is 10.2. The first kappa shape index (κ1) is 12.0. The second-order valence-electron chi connectivity index (χ2n) is 4.37. The molecule has 0 radical (unpaired) electrons. The SMILES string of the molecule is CCC1CN(CCCO)c2c(N)cccc2O1. The number of nitrogen functional groups attached to an aromatic ring is 1. The summed E-state index contributed by atoms with van der Waals surface area (Å²) in [6.07, 6.45) is 1.94. The van der Waals surface area contributed by atoms with Crippen LogP contribution in [0.15, 0.2) is 18.2 Å². The molecule has 1 unspecified atom stereocenters. The Morgan fingerprint density at radius 1 is 1.53 bits per heavy atom. The third kappa shape index (κ3) is 2.47. The van der Waals surface area contributed by atoms with Crippen molar-refractivity contribution in [2.75, 3.05) is 30.3 Å². The third-order valence-electron chi connectivity index (χ3n) is 3.11. The predicted molar refractivity (Wildman–Crippen MR) is 69.5 cm³/mol. The number of anilines is 2. The summed E-state index contributed by atoms with van der Waals surface area (Å²) in [5, 5.41) is 8.95. The minimum atomic E-state index is 0.205. The molecule has 0 spiro atoms. The van der Waals surface area contributed by atoms with Crippen LogP contribution in [-0.4, -0.2) is 30.9 Å². The molecule has 0 bridgehead atoms. The van der Waals surface area contributed by atoms with Gasteiger partial charge in [-0.3, -0.25) is 0 Å². The van der Waals surface area contributed by atoms with E-state index in [1.165, 1.54) is 0 Å². The van der Waals surface area contributed by atoms with E-state index >= 15 is 0 Å². The van der Waals surface area contributed by atoms with E-state index in [1.54, 1.807) is 0 Å². The molecule has 1 aliphatic rings. The highest BCUT2D eigenvalue weighted by Crippen LogP contribution is 2.38. The van der Waals surface area contributed by atoms with Crippen LogP contribution in [0, 0.1) is 0 Å². The fourth-order valence-corrected chi connectivity index (χ4v) is 2.20. The van der Waals surface area contributed by atoms with E-state index in [0.717, 1.165) is 43.1 Å². The topological polar surface area (TPSA) is 58.7 Å². The quantitative estimate of drug-likeness (QED) is 0.780. The smallest absolute Gasteiger partial charge is 0.145 e. The van der Waals surface area contributed by atoms with Gasteiger partial charge in [-0.1, -0.05) is 13.0 Å². The first-order valence-corrected chi connectivity index (χ1v) is 6.17. The molecule has 1 aromatic rings. The Hall–Kier alpha value is -1.42. The van der Waals surface area contributed by atoms with Crippen LogP contribution in [0.1, 0.15) is 19.8 Å². The monoisotopic (exact) mass is 236 g/mol. The number of fused-ring (bicyclic) bond motifs is 1. The van der Waals surface area contributed by atoms with E-state index in [-0.39, 0.29) is 12.7 Å². The highest BCUT2D eigenvalue weighted by molar-refractivity contribution is 5.75. The standard InChI is InChI=1S/C13H20N2O2/c1-2-10-9-15(7-4-8-16)13-11(14)5-3-6-12(13)17-10/h3,5-6,10,16H,2,4,7-9,14H2,1H3. The lowest BCUT2D eigenvalue weighted by molar-refractivity contribution is 0.187. The molecule has 17 heavy (non-hydrogen) atoms. The van der Waals surface area contributed by atoms with Crippen LogP contribution in [0.5, 0.6) is 5.75 Å². The molecule has 1 aromatic carbocycles. The number of rotatable bonds is 4. The van der Waals surface area contributed by atoms with Crippen molar-refractivity contribution in [1.29, 1.82) is 0 Å². The van der Waals surface area contributed by atoms with Crippen molar-refractivity contribution in [1.82, 2.24) is 0 Å². The lowest BCUT2D eigenvalue weighted by Crippen LogP contribution is -2.40. The average Bonchev–Trinajstić information content (AvgIpc) is 2.35. The van der Waals surface area contributed by atoms with Crippen molar-refractivity contribution < 1.29 is 9.84 Å². The van der Waals surface area contributed by atoms with Gasteiger partial charge >= 0.3 is 0 Å². The van der Waals surface area contributed by atoms with Crippen molar-refractivity contribution in [2.45, 2.75) is 25.9 Å². The number of benzene rings is 1. The summed E-state index contributed by atoms with van der Waals surface area (Å²) < 4.78 is 5.89. The molecule has 0 saturated carbocycles. The van der Waals surface area contributed by atoms with Crippen LogP contribution in [0.2, 0.25) is 0 Å². The first-order chi connectivity index (χ1) is 8.26. The molecule has 0 saturated heterocycles. The fraction of sp³-hybridized carbons (Fsp3) is 0.538. The van der Waals surface area contributed by atoms with Crippen molar-refractivity contribution >= 4 is 11.4 Å². The third-order valence-corrected chi connectivity index (χ3v) is 3.11. The molecule has 3 N–H and O–H groups in total. The molecular formula is C13H20N2O2. The number of aliphatic hydroxyl groups is 1. The number of hydrogen-bond donors (Lipinski definition) is 2. The van der Waals surface area contributed by atoms with Gasteiger partial charge in [-0.25, -0.2) is 0 Å². The number of nitrogens with zero attached hydrogens (tertiary/aromatic N) is 1. The van der Waals surface area contributed by atoms with Gasteiger partial charge in [0.1, 0.15) is 17.5 Å². The van der Waals surface area contributed by atoms with Gasteiger partial charge in [0.15, 0.2) is 0 Å². The van der Waals surface area contributed by atoms with Gasteiger partial charge in [-0.2, -0.15) is 0 Å². The second kappa shape index (κ2) is 5.27. The average molecular weight is 236 g/mol. The fourth-order valence-electron chi connectivity index (χ4n) is 2.20. The van der Waals surface area contributed by atoms with Crippen LogP contribution >= 0.6 is 0 Å². The zero-order valence-corrected chi connectivity index (χ0v) is 10.2. The van der Waals surface area contributed by atoms with Gasteiger partial charge in [0.25, 0.3) is 0 Å². The Morgan fingerprint density at radius 3 is 3.06 bits per heavy atom. The summed E-state index contributed by atoms with van der Waals surface area (Å²) in [5.41, 5.74) is 7.73. The van der Waals surface area contributed by atoms with Crippen molar-refractivity contribution in [3.05, 3.63) is 18.2 Å². The van der Waals surface area contributed by atoms with Gasteiger partial charge in [0, 0.05) is 13.2 Å². The van der Waals surface area contributed by atoms with Crippen LogP contribution in [0.3, 0.4) is 0 Å². The molecule has 94 valence electrons. The minimum absolute atomic E-state index is 0.205. The van der Waals surface area contributed by atoms with Crippen molar-refractivity contribution in [3.63, 3.8) is 0 Å². The van der Waals surface area contributed by atoms with Crippen molar-refractivity contribution in [3.8, 4) is 5.75 Å². The van der Waals surface area contributed by atoms with E-state index in [4.69, 9.17) is 15.6 Å². The molecule has 2 rings (SSSR count). The molecule has 0 fully saturated rings. The van der Waals surface area contributed by atoms with E-state index in [9.17, 15) is 0 Å². The zero-order chi connectivity index (χ0) is 12.3. The molecule has 1 aliphatic heterocycles. The van der Waals surface area contributed by atoms with E-state index in [2.05, 4.69) is 11.8 Å². The largest absolute Gasteiger partial charge is 0.486 e. The second-order valence-corrected chi connectivity index (χ2v) is 4.37. The van der Waals surface area contributed by atoms with Gasteiger partial charge < -0.3 is 20.5 Å². The van der Waals surface area contributed by atoms with Gasteiger partial charge in [-0.05, 0) is 25.0 Å². The Balaban J connectivity index is 2.27. The Bertz CT molecular complexity index is 382. The Morgan fingerprint density at radius 2 is 2.35 bits per heavy atom. The highest BCUT2D eigenvalue weighted by Gasteiger charge is 2.25. The van der Waals surface area contributed by atoms with E-state index < -0.39 is 0 Å². The molecule has 4 nitrogen and oxygen atoms in total. The number of aliphatic hydroxyl groups excluding tert-OH is 1. The summed E-state index contributed by atoms with van der Waals surface area (Å²) in [4.78, 5) is 2.22. The van der Waals surface area contributed by atoms with Crippen LogP contribution in [0.4, 0.5) is 11.4 Å². The molecule has 4 heteroatoms. The van der Waals surface area contributed by atoms with Gasteiger partial charge in [-0.15, -0.1) is 0 Å². The molecule has 0 amide bonds. The molecule has 0 aromatic heterocycles. The van der Waals surface area contributed by atoms with Crippen LogP contribution in [-0.2, 0) is 0 Å². The number of hydrogen-bond acceptors (Lipinski definition) is 4. The number of para-hydroxylation sites is 1. The minimum Gasteiger partial charge on any atom is -0.486 e. The maximum Gasteiger partial charge on any atom is 0.145 e. The maximum atomic E-state index is 8.95. The number of ether oxygens (including phenoxy) is 1. The van der Waals surface area contributed by atoms with Gasteiger partial charge in [0.05, 0.1) is 12.2 Å². The lowest BCUT2D eigenvalue weighted by Gasteiger charge is -2.36. The summed E-state index contributed by atoms with van der Waals surface area (Å²) in [6.45, 7) is 3.98.